The molecule has 4 amide bonds. The number of aliphatic hydroxyl groups is 2. The van der Waals surface area contributed by atoms with Crippen LogP contribution in [0.15, 0.2) is 72.8 Å². The van der Waals surface area contributed by atoms with Crippen LogP contribution >= 0.6 is 0 Å². The zero-order valence-corrected chi connectivity index (χ0v) is 19.3. The lowest BCUT2D eigenvalue weighted by atomic mass is 10.1. The number of rotatable bonds is 10. The number of benzene rings is 3. The number of hydrogen-bond donors (Lipinski definition) is 6. The first-order valence-electron chi connectivity index (χ1n) is 11.1. The molecule has 0 aliphatic carbocycles. The second kappa shape index (κ2) is 12.8. The van der Waals surface area contributed by atoms with E-state index in [2.05, 4.69) is 21.3 Å². The normalized spacial score (nSPS) is 10.3. The van der Waals surface area contributed by atoms with Crippen molar-refractivity contribution >= 4 is 35.0 Å². The molecule has 0 spiro atoms. The van der Waals surface area contributed by atoms with E-state index in [1.54, 1.807) is 48.5 Å². The van der Waals surface area contributed by atoms with Gasteiger partial charge >= 0.3 is 0 Å². The molecule has 3 aromatic rings. The fourth-order valence-corrected chi connectivity index (χ4v) is 3.13. The number of carbonyl (C=O) groups is 4. The van der Waals surface area contributed by atoms with Gasteiger partial charge in [-0.3, -0.25) is 19.2 Å². The van der Waals surface area contributed by atoms with Gasteiger partial charge < -0.3 is 31.5 Å². The summed E-state index contributed by atoms with van der Waals surface area (Å²) in [6.45, 7) is 0.00539. The van der Waals surface area contributed by atoms with Crippen molar-refractivity contribution in [2.45, 2.75) is 0 Å². The lowest BCUT2D eigenvalue weighted by Gasteiger charge is -2.09. The third-order valence-corrected chi connectivity index (χ3v) is 5.01. The van der Waals surface area contributed by atoms with Gasteiger partial charge in [-0.2, -0.15) is 0 Å². The number of aliphatic hydroxyl groups excluding tert-OH is 2. The first-order valence-corrected chi connectivity index (χ1v) is 11.1. The maximum Gasteiger partial charge on any atom is 0.255 e. The molecule has 0 unspecified atom stereocenters. The predicted molar refractivity (Wildman–Crippen MR) is 134 cm³/mol. The Kier molecular flexibility index (Phi) is 9.26. The van der Waals surface area contributed by atoms with Crippen molar-refractivity contribution in [1.82, 2.24) is 10.6 Å². The topological polar surface area (TPSA) is 157 Å². The van der Waals surface area contributed by atoms with Crippen molar-refractivity contribution in [1.29, 1.82) is 0 Å². The highest BCUT2D eigenvalue weighted by molar-refractivity contribution is 6.07. The van der Waals surface area contributed by atoms with E-state index in [1.807, 2.05) is 0 Å². The van der Waals surface area contributed by atoms with Gasteiger partial charge in [0.1, 0.15) is 0 Å². The van der Waals surface area contributed by atoms with Crippen LogP contribution in [0.5, 0.6) is 0 Å². The molecule has 6 N–H and O–H groups in total. The van der Waals surface area contributed by atoms with Crippen molar-refractivity contribution in [2.24, 2.45) is 0 Å². The summed E-state index contributed by atoms with van der Waals surface area (Å²) in [5.74, 6) is -1.41. The summed E-state index contributed by atoms with van der Waals surface area (Å²) in [6.07, 6.45) is 0. The van der Waals surface area contributed by atoms with Crippen molar-refractivity contribution in [3.63, 3.8) is 0 Å². The Labute approximate surface area is 207 Å². The van der Waals surface area contributed by atoms with Gasteiger partial charge in [-0.15, -0.1) is 0 Å². The molecule has 10 heteroatoms. The average Bonchev–Trinajstić information content (AvgIpc) is 2.91. The lowest BCUT2D eigenvalue weighted by molar-refractivity contribution is 0.0937. The lowest BCUT2D eigenvalue weighted by Crippen LogP contribution is -2.26. The van der Waals surface area contributed by atoms with E-state index in [9.17, 15) is 19.2 Å². The van der Waals surface area contributed by atoms with Gasteiger partial charge in [0.2, 0.25) is 0 Å². The molecule has 10 nitrogen and oxygen atoms in total. The molecular weight excluding hydrogens is 464 g/mol. The number of hydrogen-bond acceptors (Lipinski definition) is 6. The molecule has 0 saturated carbocycles. The summed E-state index contributed by atoms with van der Waals surface area (Å²) in [4.78, 5) is 48.8. The molecule has 0 saturated heterocycles. The molecule has 0 bridgehead atoms. The number of anilines is 2. The Morgan fingerprint density at radius 1 is 0.472 bits per heavy atom. The number of nitrogens with one attached hydrogen (secondary N) is 4. The van der Waals surface area contributed by atoms with Crippen LogP contribution in [0.25, 0.3) is 0 Å². The van der Waals surface area contributed by atoms with Crippen LogP contribution in [-0.4, -0.2) is 60.1 Å². The quantitative estimate of drug-likeness (QED) is 0.254. The highest BCUT2D eigenvalue weighted by Gasteiger charge is 2.11. The fraction of sp³-hybridized carbons (Fsp3) is 0.154. The van der Waals surface area contributed by atoms with Crippen molar-refractivity contribution < 1.29 is 29.4 Å². The van der Waals surface area contributed by atoms with E-state index in [0.29, 0.717) is 33.6 Å². The molecule has 0 radical (unpaired) electrons. The second-order valence-corrected chi connectivity index (χ2v) is 7.60. The van der Waals surface area contributed by atoms with Gasteiger partial charge in [-0.25, -0.2) is 0 Å². The van der Waals surface area contributed by atoms with Crippen LogP contribution in [0.2, 0.25) is 0 Å². The third kappa shape index (κ3) is 7.23. The van der Waals surface area contributed by atoms with Crippen molar-refractivity contribution in [3.8, 4) is 0 Å². The number of amides is 4. The van der Waals surface area contributed by atoms with Crippen molar-refractivity contribution in [2.75, 3.05) is 36.9 Å². The molecule has 0 aliphatic heterocycles. The molecule has 0 aliphatic rings. The Morgan fingerprint density at radius 3 is 1.06 bits per heavy atom. The van der Waals surface area contributed by atoms with Crippen LogP contribution < -0.4 is 21.3 Å². The van der Waals surface area contributed by atoms with E-state index >= 15 is 0 Å². The summed E-state index contributed by atoms with van der Waals surface area (Å²) in [7, 11) is 0. The molecule has 36 heavy (non-hydrogen) atoms. The van der Waals surface area contributed by atoms with Crippen LogP contribution in [0.4, 0.5) is 11.4 Å². The summed E-state index contributed by atoms with van der Waals surface area (Å²) < 4.78 is 0. The van der Waals surface area contributed by atoms with Gasteiger partial charge in [-0.1, -0.05) is 0 Å². The fourth-order valence-electron chi connectivity index (χ4n) is 3.13. The summed E-state index contributed by atoms with van der Waals surface area (Å²) in [5.41, 5.74) is 2.47. The van der Waals surface area contributed by atoms with Gasteiger partial charge in [0.15, 0.2) is 0 Å². The standard InChI is InChI=1S/C26H26N4O6/c31-15-13-27-23(33)17-5-9-21(10-6-17)29-25(35)19-1-2-20(4-3-19)26(36)30-22-11-7-18(8-12-22)24(34)28-14-16-32/h1-12,31-32H,13-16H2,(H,27,33)(H,28,34)(H,29,35)(H,30,36). The minimum Gasteiger partial charge on any atom is -0.395 e. The van der Waals surface area contributed by atoms with E-state index < -0.39 is 0 Å². The van der Waals surface area contributed by atoms with Gasteiger partial charge in [0, 0.05) is 46.7 Å². The monoisotopic (exact) mass is 490 g/mol. The maximum absolute atomic E-state index is 12.5. The predicted octanol–water partition coefficient (Wildman–Crippen LogP) is 1.64. The Bertz CT molecular complexity index is 1110. The summed E-state index contributed by atoms with van der Waals surface area (Å²) >= 11 is 0. The SMILES string of the molecule is O=C(NCCO)c1ccc(NC(=O)c2ccc(C(=O)Nc3ccc(C(=O)NCCO)cc3)cc2)cc1. The molecule has 3 rings (SSSR count). The van der Waals surface area contributed by atoms with Crippen LogP contribution in [-0.2, 0) is 0 Å². The van der Waals surface area contributed by atoms with E-state index in [0.717, 1.165) is 0 Å². The minimum absolute atomic E-state index is 0.153. The van der Waals surface area contributed by atoms with Gasteiger partial charge in [0.25, 0.3) is 23.6 Å². The highest BCUT2D eigenvalue weighted by Crippen LogP contribution is 2.14. The van der Waals surface area contributed by atoms with E-state index in [4.69, 9.17) is 10.2 Å². The Hall–Kier alpha value is -4.54. The maximum atomic E-state index is 12.5. The molecule has 0 fully saturated rings. The highest BCUT2D eigenvalue weighted by atomic mass is 16.3. The third-order valence-electron chi connectivity index (χ3n) is 5.01. The smallest absolute Gasteiger partial charge is 0.255 e. The second-order valence-electron chi connectivity index (χ2n) is 7.60. The number of carbonyl (C=O) groups excluding carboxylic acids is 4. The Balaban J connectivity index is 1.55. The molecular formula is C26H26N4O6. The minimum atomic E-state index is -0.380. The molecule has 3 aromatic carbocycles. The average molecular weight is 491 g/mol. The van der Waals surface area contributed by atoms with Crippen LogP contribution in [0.1, 0.15) is 41.4 Å². The summed E-state index contributed by atoms with van der Waals surface area (Å²) in [5, 5.41) is 28.1. The molecule has 0 aromatic heterocycles. The van der Waals surface area contributed by atoms with E-state index in [-0.39, 0.29) is 49.9 Å². The largest absolute Gasteiger partial charge is 0.395 e. The first-order chi connectivity index (χ1) is 17.4. The van der Waals surface area contributed by atoms with Crippen molar-refractivity contribution in [3.05, 3.63) is 95.1 Å². The van der Waals surface area contributed by atoms with Gasteiger partial charge in [-0.05, 0) is 72.8 Å². The van der Waals surface area contributed by atoms with Gasteiger partial charge in [0.05, 0.1) is 13.2 Å². The molecule has 0 heterocycles. The zero-order valence-electron chi connectivity index (χ0n) is 19.3. The summed E-state index contributed by atoms with van der Waals surface area (Å²) in [6, 6.07) is 18.7. The van der Waals surface area contributed by atoms with Crippen LogP contribution in [0, 0.1) is 0 Å². The first kappa shape index (κ1) is 26.1. The zero-order chi connectivity index (χ0) is 25.9. The van der Waals surface area contributed by atoms with Crippen LogP contribution in [0.3, 0.4) is 0 Å². The molecule has 0 atom stereocenters. The molecule has 186 valence electrons. The Morgan fingerprint density at radius 2 is 0.750 bits per heavy atom. The van der Waals surface area contributed by atoms with E-state index in [1.165, 1.54) is 24.3 Å².